The third-order valence-corrected chi connectivity index (χ3v) is 6.29. The molecule has 12 heteroatoms. The third kappa shape index (κ3) is 5.23. The smallest absolute Gasteiger partial charge is 0.417 e. The fourth-order valence-corrected chi connectivity index (χ4v) is 4.38. The zero-order valence-electron chi connectivity index (χ0n) is 8.86. The second kappa shape index (κ2) is 6.31. The molecular formula is C7H7Cl3O7P2. The molecule has 1 rings (SSSR count). The maximum Gasteiger partial charge on any atom is 0.417 e. The van der Waals surface area contributed by atoms with E-state index < -0.39 is 21.1 Å². The highest BCUT2D eigenvalue weighted by Gasteiger charge is 2.37. The van der Waals surface area contributed by atoms with Crippen molar-refractivity contribution in [3.8, 4) is 5.75 Å². The molecule has 0 fully saturated rings. The Kier molecular flexibility index (Phi) is 5.72. The van der Waals surface area contributed by atoms with Gasteiger partial charge in [0.15, 0.2) is 5.90 Å². The standard InChI is InChI=1S/C7H7Cl3O7P2/c8-4-1-6(10)7(2-5(4)9)16-19(15,17-11)3-18(12,13)14/h1-2,11H,3H2,(H2,12,13,14). The van der Waals surface area contributed by atoms with Crippen molar-refractivity contribution in [1.29, 1.82) is 0 Å². The van der Waals surface area contributed by atoms with Gasteiger partial charge < -0.3 is 14.3 Å². The second-order valence-corrected chi connectivity index (χ2v) is 8.54. The Balaban J connectivity index is 3.09. The number of benzene rings is 1. The van der Waals surface area contributed by atoms with E-state index in [0.29, 0.717) is 0 Å². The lowest BCUT2D eigenvalue weighted by atomic mass is 10.3. The first-order chi connectivity index (χ1) is 8.56. The van der Waals surface area contributed by atoms with Crippen molar-refractivity contribution >= 4 is 50.0 Å². The molecule has 1 aromatic rings. The van der Waals surface area contributed by atoms with Gasteiger partial charge in [-0.15, -0.1) is 4.67 Å². The number of rotatable bonds is 5. The van der Waals surface area contributed by atoms with Gasteiger partial charge in [0.2, 0.25) is 0 Å². The molecule has 1 atom stereocenters. The average molecular weight is 371 g/mol. The van der Waals surface area contributed by atoms with E-state index in [1.807, 2.05) is 0 Å². The first-order valence-electron chi connectivity index (χ1n) is 4.37. The lowest BCUT2D eigenvalue weighted by Crippen LogP contribution is -2.01. The highest BCUT2D eigenvalue weighted by molar-refractivity contribution is 7.70. The van der Waals surface area contributed by atoms with E-state index >= 15 is 0 Å². The quantitative estimate of drug-likeness (QED) is 0.312. The maximum atomic E-state index is 11.8. The highest BCUT2D eigenvalue weighted by Crippen LogP contribution is 2.59. The molecule has 0 spiro atoms. The maximum absolute atomic E-state index is 11.8. The van der Waals surface area contributed by atoms with Crippen LogP contribution < -0.4 is 4.52 Å². The largest absolute Gasteiger partial charge is 0.421 e. The summed E-state index contributed by atoms with van der Waals surface area (Å²) in [5, 5.41) is 8.46. The Hall–Kier alpha value is 0.190. The summed E-state index contributed by atoms with van der Waals surface area (Å²) >= 11 is 17.0. The minimum atomic E-state index is -4.75. The first kappa shape index (κ1) is 17.2. The second-order valence-electron chi connectivity index (χ2n) is 3.29. The van der Waals surface area contributed by atoms with Crippen molar-refractivity contribution in [2.24, 2.45) is 0 Å². The molecule has 1 aromatic carbocycles. The molecule has 108 valence electrons. The molecule has 0 aliphatic carbocycles. The summed E-state index contributed by atoms with van der Waals surface area (Å²) < 4.78 is 30.8. The molecule has 0 radical (unpaired) electrons. The SMILES string of the molecule is O=P(O)(O)CP(=O)(OO)Oc1cc(Cl)c(Cl)cc1Cl. The van der Waals surface area contributed by atoms with Gasteiger partial charge in [0.1, 0.15) is 5.75 Å². The molecule has 0 saturated carbocycles. The molecule has 0 aromatic heterocycles. The van der Waals surface area contributed by atoms with Crippen LogP contribution in [-0.4, -0.2) is 20.9 Å². The van der Waals surface area contributed by atoms with Gasteiger partial charge in [0, 0.05) is 6.07 Å². The number of hydrogen-bond donors (Lipinski definition) is 3. The van der Waals surface area contributed by atoms with Crippen LogP contribution in [0.15, 0.2) is 12.1 Å². The molecule has 7 nitrogen and oxygen atoms in total. The molecule has 3 N–H and O–H groups in total. The van der Waals surface area contributed by atoms with Crippen LogP contribution in [0.2, 0.25) is 15.1 Å². The van der Waals surface area contributed by atoms with Crippen LogP contribution in [0.1, 0.15) is 0 Å². The van der Waals surface area contributed by atoms with Gasteiger partial charge in [-0.1, -0.05) is 34.8 Å². The predicted molar refractivity (Wildman–Crippen MR) is 70.3 cm³/mol. The van der Waals surface area contributed by atoms with Crippen molar-refractivity contribution in [2.45, 2.75) is 0 Å². The van der Waals surface area contributed by atoms with Crippen LogP contribution in [-0.2, 0) is 13.8 Å². The van der Waals surface area contributed by atoms with Crippen molar-refractivity contribution in [1.82, 2.24) is 0 Å². The van der Waals surface area contributed by atoms with Crippen molar-refractivity contribution in [3.05, 3.63) is 27.2 Å². The molecular weight excluding hydrogens is 364 g/mol. The normalized spacial score (nSPS) is 15.1. The van der Waals surface area contributed by atoms with Gasteiger partial charge in [0.25, 0.3) is 0 Å². The summed E-state index contributed by atoms with van der Waals surface area (Å²) in [6.45, 7) is 0. The summed E-state index contributed by atoms with van der Waals surface area (Å²) in [7, 11) is -9.25. The van der Waals surface area contributed by atoms with Crippen LogP contribution in [0.5, 0.6) is 5.75 Å². The Morgan fingerprint density at radius 2 is 1.58 bits per heavy atom. The Morgan fingerprint density at radius 3 is 2.05 bits per heavy atom. The molecule has 0 aliphatic rings. The Bertz CT molecular complexity index is 572. The predicted octanol–water partition coefficient (Wildman–Crippen LogP) is 3.84. The minimum Gasteiger partial charge on any atom is -0.421 e. The van der Waals surface area contributed by atoms with Crippen LogP contribution >= 0.6 is 50.0 Å². The highest BCUT2D eigenvalue weighted by atomic mass is 35.5. The Labute approximate surface area is 122 Å². The van der Waals surface area contributed by atoms with E-state index in [0.717, 1.165) is 6.07 Å². The van der Waals surface area contributed by atoms with Gasteiger partial charge >= 0.3 is 15.2 Å². The molecule has 0 aliphatic heterocycles. The fraction of sp³-hybridized carbons (Fsp3) is 0.143. The van der Waals surface area contributed by atoms with Gasteiger partial charge in [0.05, 0.1) is 15.1 Å². The van der Waals surface area contributed by atoms with E-state index in [4.69, 9.17) is 54.4 Å². The summed E-state index contributed by atoms with van der Waals surface area (Å²) in [4.78, 5) is 17.4. The number of halogens is 3. The van der Waals surface area contributed by atoms with Crippen molar-refractivity contribution in [2.75, 3.05) is 5.90 Å². The third-order valence-electron chi connectivity index (χ3n) is 1.69. The van der Waals surface area contributed by atoms with Crippen molar-refractivity contribution in [3.63, 3.8) is 0 Å². The van der Waals surface area contributed by atoms with E-state index in [-0.39, 0.29) is 20.8 Å². The zero-order chi connectivity index (χ0) is 14.8. The minimum absolute atomic E-state index is 0.00161. The Morgan fingerprint density at radius 1 is 1.05 bits per heavy atom. The van der Waals surface area contributed by atoms with Gasteiger partial charge in [-0.25, -0.2) is 9.82 Å². The van der Waals surface area contributed by atoms with Crippen LogP contribution in [0, 0.1) is 0 Å². The molecule has 0 bridgehead atoms. The van der Waals surface area contributed by atoms with Crippen LogP contribution in [0.25, 0.3) is 0 Å². The number of hydrogen-bond acceptors (Lipinski definition) is 5. The summed E-state index contributed by atoms with van der Waals surface area (Å²) in [5.41, 5.74) is 0. The van der Waals surface area contributed by atoms with Crippen LogP contribution in [0.4, 0.5) is 0 Å². The van der Waals surface area contributed by atoms with Gasteiger partial charge in [-0.05, 0) is 6.07 Å². The van der Waals surface area contributed by atoms with Gasteiger partial charge in [-0.3, -0.25) is 4.57 Å². The lowest BCUT2D eigenvalue weighted by Gasteiger charge is -2.17. The lowest BCUT2D eigenvalue weighted by molar-refractivity contribution is -0.143. The molecule has 0 saturated heterocycles. The van der Waals surface area contributed by atoms with E-state index in [9.17, 15) is 9.13 Å². The molecule has 19 heavy (non-hydrogen) atoms. The van der Waals surface area contributed by atoms with Crippen LogP contribution in [0.3, 0.4) is 0 Å². The van der Waals surface area contributed by atoms with E-state index in [2.05, 4.69) is 4.67 Å². The molecule has 0 heterocycles. The zero-order valence-corrected chi connectivity index (χ0v) is 12.9. The van der Waals surface area contributed by atoms with E-state index in [1.165, 1.54) is 6.07 Å². The van der Waals surface area contributed by atoms with Crippen molar-refractivity contribution < 1.29 is 33.4 Å². The first-order valence-corrected chi connectivity index (χ1v) is 9.03. The van der Waals surface area contributed by atoms with Gasteiger partial charge in [-0.2, -0.15) is 0 Å². The van der Waals surface area contributed by atoms with E-state index in [1.54, 1.807) is 0 Å². The average Bonchev–Trinajstić information content (AvgIpc) is 2.23. The molecule has 0 amide bonds. The summed E-state index contributed by atoms with van der Waals surface area (Å²) in [5.74, 6) is -1.63. The molecule has 1 unspecified atom stereocenters. The summed E-state index contributed by atoms with van der Waals surface area (Å²) in [6.07, 6.45) is 0. The monoisotopic (exact) mass is 370 g/mol. The fourth-order valence-electron chi connectivity index (χ4n) is 1.02. The topological polar surface area (TPSA) is 113 Å². The summed E-state index contributed by atoms with van der Waals surface area (Å²) in [6, 6.07) is 2.23.